The summed E-state index contributed by atoms with van der Waals surface area (Å²) in [5.41, 5.74) is 1.31. The van der Waals surface area contributed by atoms with Gasteiger partial charge < -0.3 is 14.9 Å². The number of hydrogen-bond acceptors (Lipinski definition) is 6. The molecule has 0 saturated carbocycles. The molecular weight excluding hydrogens is 561 g/mol. The summed E-state index contributed by atoms with van der Waals surface area (Å²) < 4.78 is 45.5. The summed E-state index contributed by atoms with van der Waals surface area (Å²) >= 11 is 0. The molecule has 3 aromatic rings. The van der Waals surface area contributed by atoms with Crippen LogP contribution in [0, 0.1) is 17.8 Å². The molecular formula is C34H27F3O6. The number of aliphatic hydroxyl groups excluding tert-OH is 1. The fourth-order valence-corrected chi connectivity index (χ4v) is 6.72. The van der Waals surface area contributed by atoms with E-state index < -0.39 is 52.6 Å². The zero-order valence-electron chi connectivity index (χ0n) is 23.1. The topological polar surface area (TPSA) is 101 Å². The summed E-state index contributed by atoms with van der Waals surface area (Å²) in [6, 6.07) is 16.7. The minimum atomic E-state index is -4.50. The van der Waals surface area contributed by atoms with Crippen LogP contribution >= 0.6 is 0 Å². The number of phenolic OH excluding ortho intramolecular Hbond substituents is 1. The number of alkyl halides is 3. The lowest BCUT2D eigenvalue weighted by atomic mass is 9.62. The molecule has 0 radical (unpaired) electrons. The second-order valence-electron chi connectivity index (χ2n) is 11.3. The molecule has 220 valence electrons. The van der Waals surface area contributed by atoms with E-state index in [4.69, 9.17) is 4.74 Å². The lowest BCUT2D eigenvalue weighted by Crippen LogP contribution is -2.42. The lowest BCUT2D eigenvalue weighted by Gasteiger charge is -2.41. The number of aromatic hydroxyl groups is 1. The van der Waals surface area contributed by atoms with Crippen molar-refractivity contribution in [2.45, 2.75) is 39.0 Å². The standard InChI is InChI=1S/C34H27F3O6/c1-17(38)27-26(43-16-18-5-3-2-4-6-18)15-21-13-20-14-24-23(19-7-9-22(10-8-19)34(35,36)37)11-12-25(39)30(24)33(42)28(20)32(41)29(21)31(27)40/h2-12,20-21,29,39,41H,13-16H2,1H3. The molecule has 43 heavy (non-hydrogen) atoms. The van der Waals surface area contributed by atoms with Crippen molar-refractivity contribution < 1.29 is 42.5 Å². The summed E-state index contributed by atoms with van der Waals surface area (Å²) in [6.45, 7) is 1.41. The van der Waals surface area contributed by atoms with Gasteiger partial charge >= 0.3 is 6.18 Å². The molecule has 3 aliphatic carbocycles. The third-order valence-electron chi connectivity index (χ3n) is 8.64. The molecule has 0 aromatic heterocycles. The second-order valence-corrected chi connectivity index (χ2v) is 11.3. The fourth-order valence-electron chi connectivity index (χ4n) is 6.72. The Morgan fingerprint density at radius 2 is 1.65 bits per heavy atom. The van der Waals surface area contributed by atoms with E-state index in [0.717, 1.165) is 17.7 Å². The Kier molecular flexibility index (Phi) is 6.99. The van der Waals surface area contributed by atoms with Crippen LogP contribution < -0.4 is 0 Å². The molecule has 0 aliphatic heterocycles. The van der Waals surface area contributed by atoms with Gasteiger partial charge in [-0.3, -0.25) is 14.4 Å². The molecule has 0 spiro atoms. The van der Waals surface area contributed by atoms with Crippen molar-refractivity contribution in [3.8, 4) is 16.9 Å². The molecule has 0 fully saturated rings. The van der Waals surface area contributed by atoms with Gasteiger partial charge in [0.2, 0.25) is 0 Å². The van der Waals surface area contributed by atoms with Crippen LogP contribution in [0.4, 0.5) is 13.2 Å². The van der Waals surface area contributed by atoms with Crippen LogP contribution in [0.5, 0.6) is 5.75 Å². The second kappa shape index (κ2) is 10.6. The number of phenols is 1. The van der Waals surface area contributed by atoms with Crippen LogP contribution in [-0.2, 0) is 33.5 Å². The van der Waals surface area contributed by atoms with Crippen molar-refractivity contribution in [3.05, 3.63) is 112 Å². The Morgan fingerprint density at radius 3 is 2.30 bits per heavy atom. The average molecular weight is 589 g/mol. The molecule has 6 rings (SSSR count). The van der Waals surface area contributed by atoms with E-state index in [1.807, 2.05) is 30.3 Å². The molecule has 0 bridgehead atoms. The first-order valence-electron chi connectivity index (χ1n) is 13.9. The Labute approximate surface area is 245 Å². The highest BCUT2D eigenvalue weighted by Gasteiger charge is 2.50. The number of ether oxygens (including phenoxy) is 1. The highest BCUT2D eigenvalue weighted by Crippen LogP contribution is 2.51. The molecule has 3 aromatic carbocycles. The van der Waals surface area contributed by atoms with Crippen molar-refractivity contribution >= 4 is 17.3 Å². The Morgan fingerprint density at radius 1 is 0.953 bits per heavy atom. The molecule has 0 saturated heterocycles. The van der Waals surface area contributed by atoms with Crippen molar-refractivity contribution in [1.29, 1.82) is 0 Å². The van der Waals surface area contributed by atoms with Crippen LogP contribution in [0.2, 0.25) is 0 Å². The Bertz CT molecular complexity index is 1720. The summed E-state index contributed by atoms with van der Waals surface area (Å²) in [7, 11) is 0. The molecule has 0 amide bonds. The van der Waals surface area contributed by atoms with Gasteiger partial charge in [0.25, 0.3) is 0 Å². The first-order chi connectivity index (χ1) is 20.5. The zero-order valence-corrected chi connectivity index (χ0v) is 23.1. The maximum absolute atomic E-state index is 13.8. The van der Waals surface area contributed by atoms with E-state index in [1.54, 1.807) is 6.07 Å². The predicted molar refractivity (Wildman–Crippen MR) is 150 cm³/mol. The number of fused-ring (bicyclic) bond motifs is 3. The molecule has 3 aliphatic rings. The quantitative estimate of drug-likeness (QED) is 0.314. The normalized spacial score (nSPS) is 21.7. The third-order valence-corrected chi connectivity index (χ3v) is 8.64. The number of halogens is 3. The van der Waals surface area contributed by atoms with Gasteiger partial charge in [0.1, 0.15) is 23.9 Å². The number of ketones is 3. The first kappa shape index (κ1) is 28.5. The SMILES string of the molecule is CC(=O)C1=C(OCc2ccccc2)CC2CC3Cc4c(-c5ccc(C(F)(F)F)cc5)ccc(O)c4C(=O)C3=C(O)C2C1=O. The summed E-state index contributed by atoms with van der Waals surface area (Å²) in [4.78, 5) is 40.1. The number of allylic oxidation sites excluding steroid dienone is 4. The minimum absolute atomic E-state index is 0.0264. The molecule has 0 heterocycles. The van der Waals surface area contributed by atoms with E-state index in [9.17, 15) is 37.8 Å². The molecule has 2 N–H and O–H groups in total. The highest BCUT2D eigenvalue weighted by atomic mass is 19.4. The number of aliphatic hydroxyl groups is 1. The van der Waals surface area contributed by atoms with Crippen LogP contribution in [0.15, 0.2) is 89.4 Å². The van der Waals surface area contributed by atoms with E-state index in [-0.39, 0.29) is 47.7 Å². The van der Waals surface area contributed by atoms with Gasteiger partial charge in [0.15, 0.2) is 17.3 Å². The van der Waals surface area contributed by atoms with Crippen molar-refractivity contribution in [2.75, 3.05) is 0 Å². The average Bonchev–Trinajstić information content (AvgIpc) is 2.96. The van der Waals surface area contributed by atoms with Crippen molar-refractivity contribution in [1.82, 2.24) is 0 Å². The van der Waals surface area contributed by atoms with Gasteiger partial charge in [-0.15, -0.1) is 0 Å². The molecule has 3 atom stereocenters. The summed E-state index contributed by atoms with van der Waals surface area (Å²) in [5, 5.41) is 22.1. The van der Waals surface area contributed by atoms with Crippen molar-refractivity contribution in [3.63, 3.8) is 0 Å². The monoisotopic (exact) mass is 588 g/mol. The third kappa shape index (κ3) is 4.92. The summed E-state index contributed by atoms with van der Waals surface area (Å²) in [5.74, 6) is -4.27. The van der Waals surface area contributed by atoms with Gasteiger partial charge in [-0.05, 0) is 72.1 Å². The largest absolute Gasteiger partial charge is 0.511 e. The lowest BCUT2D eigenvalue weighted by molar-refractivity contribution is -0.137. The molecule has 6 nitrogen and oxygen atoms in total. The van der Waals surface area contributed by atoms with E-state index >= 15 is 0 Å². The van der Waals surface area contributed by atoms with Crippen LogP contribution in [0.1, 0.15) is 46.8 Å². The number of benzene rings is 3. The zero-order chi connectivity index (χ0) is 30.6. The van der Waals surface area contributed by atoms with Crippen LogP contribution in [0.3, 0.4) is 0 Å². The van der Waals surface area contributed by atoms with Gasteiger partial charge in [-0.2, -0.15) is 13.2 Å². The molecule has 3 unspecified atom stereocenters. The number of carbonyl (C=O) groups is 3. The predicted octanol–water partition coefficient (Wildman–Crippen LogP) is 6.91. The first-order valence-corrected chi connectivity index (χ1v) is 13.9. The highest BCUT2D eigenvalue weighted by molar-refractivity contribution is 6.22. The minimum Gasteiger partial charge on any atom is -0.511 e. The van der Waals surface area contributed by atoms with Crippen LogP contribution in [-0.4, -0.2) is 27.6 Å². The summed E-state index contributed by atoms with van der Waals surface area (Å²) in [6.07, 6.45) is -3.76. The molecule has 9 heteroatoms. The smallest absolute Gasteiger partial charge is 0.416 e. The maximum atomic E-state index is 13.8. The van der Waals surface area contributed by atoms with Gasteiger partial charge in [-0.1, -0.05) is 48.5 Å². The van der Waals surface area contributed by atoms with Gasteiger partial charge in [0, 0.05) is 12.0 Å². The Hall–Kier alpha value is -4.66. The number of Topliss-reactive ketones (excluding diaryl/α,β-unsaturated/α-hetero) is 3. The van der Waals surface area contributed by atoms with E-state index in [1.165, 1.54) is 25.1 Å². The number of hydrogen-bond donors (Lipinski definition) is 2. The van der Waals surface area contributed by atoms with E-state index in [0.29, 0.717) is 23.1 Å². The maximum Gasteiger partial charge on any atom is 0.416 e. The number of carbonyl (C=O) groups excluding carboxylic acids is 3. The Balaban J connectivity index is 1.37. The number of rotatable bonds is 5. The van der Waals surface area contributed by atoms with Gasteiger partial charge in [0.05, 0.1) is 22.6 Å². The van der Waals surface area contributed by atoms with E-state index in [2.05, 4.69) is 0 Å². The van der Waals surface area contributed by atoms with Crippen LogP contribution in [0.25, 0.3) is 11.1 Å². The fraction of sp³-hybridized carbons (Fsp3) is 0.265. The van der Waals surface area contributed by atoms with Gasteiger partial charge in [-0.25, -0.2) is 0 Å². The van der Waals surface area contributed by atoms with Crippen molar-refractivity contribution in [2.24, 2.45) is 17.8 Å².